The zero-order chi connectivity index (χ0) is 12.1. The van der Waals surface area contributed by atoms with E-state index in [1.165, 1.54) is 5.56 Å². The van der Waals surface area contributed by atoms with E-state index in [-0.39, 0.29) is 5.88 Å². The molecular weight excluding hydrogens is 240 g/mol. The molecule has 0 fully saturated rings. The fourth-order valence-electron chi connectivity index (χ4n) is 1.39. The minimum absolute atomic E-state index is 0.241. The zero-order valence-electron chi connectivity index (χ0n) is 9.51. The number of hydrogen-bond donors (Lipinski definition) is 0. The van der Waals surface area contributed by atoms with Gasteiger partial charge in [-0.25, -0.2) is 0 Å². The van der Waals surface area contributed by atoms with E-state index >= 15 is 0 Å². The summed E-state index contributed by atoms with van der Waals surface area (Å²) in [6, 6.07) is 4.48. The lowest BCUT2D eigenvalue weighted by Crippen LogP contribution is -2.20. The summed E-state index contributed by atoms with van der Waals surface area (Å²) < 4.78 is 5.34. The first-order valence-electron chi connectivity index (χ1n) is 5.28. The number of likely N-dealkylation sites (N-methyl/N-ethyl adjacent to an activating group) is 1. The average molecular weight is 253 g/mol. The summed E-state index contributed by atoms with van der Waals surface area (Å²) in [4.78, 5) is 5.88. The van der Waals surface area contributed by atoms with Crippen LogP contribution in [0.3, 0.4) is 0 Å². The van der Waals surface area contributed by atoms with Crippen LogP contribution in [0, 0.1) is 0 Å². The Morgan fingerprint density at radius 1 is 1.29 bits per heavy atom. The van der Waals surface area contributed by atoms with Gasteiger partial charge in [0, 0.05) is 26.0 Å². The summed E-state index contributed by atoms with van der Waals surface area (Å²) in [5, 5.41) is 7.72. The first kappa shape index (κ1) is 11.9. The quantitative estimate of drug-likeness (QED) is 0.761. The average Bonchev–Trinajstić information content (AvgIpc) is 2.86. The minimum atomic E-state index is 0.241. The van der Waals surface area contributed by atoms with E-state index in [4.69, 9.17) is 16.0 Å². The third-order valence-electron chi connectivity index (χ3n) is 2.38. The molecule has 0 unspecified atom stereocenters. The lowest BCUT2D eigenvalue weighted by Gasteiger charge is -2.13. The molecule has 0 bridgehead atoms. The van der Waals surface area contributed by atoms with Crippen LogP contribution in [-0.2, 0) is 12.3 Å². The highest BCUT2D eigenvalue weighted by atomic mass is 35.5. The number of alkyl halides is 1. The van der Waals surface area contributed by atoms with E-state index < -0.39 is 0 Å². The SMILES string of the molecule is CN(CCc1ccncc1)c1nnc(CCl)o1. The number of nitrogens with zero attached hydrogens (tertiary/aromatic N) is 4. The van der Waals surface area contributed by atoms with Crippen molar-refractivity contribution in [2.75, 3.05) is 18.5 Å². The molecule has 0 saturated heterocycles. The third kappa shape index (κ3) is 3.17. The van der Waals surface area contributed by atoms with E-state index in [2.05, 4.69) is 15.2 Å². The van der Waals surface area contributed by atoms with Gasteiger partial charge in [-0.05, 0) is 24.1 Å². The van der Waals surface area contributed by atoms with Gasteiger partial charge in [0.25, 0.3) is 0 Å². The predicted molar refractivity (Wildman–Crippen MR) is 65.1 cm³/mol. The number of rotatable bonds is 5. The van der Waals surface area contributed by atoms with Crippen molar-refractivity contribution in [1.29, 1.82) is 0 Å². The van der Waals surface area contributed by atoms with E-state index in [0.717, 1.165) is 13.0 Å². The van der Waals surface area contributed by atoms with Crippen LogP contribution < -0.4 is 4.90 Å². The van der Waals surface area contributed by atoms with Gasteiger partial charge in [0.15, 0.2) is 0 Å². The van der Waals surface area contributed by atoms with E-state index in [1.807, 2.05) is 24.1 Å². The lowest BCUT2D eigenvalue weighted by molar-refractivity contribution is 0.507. The van der Waals surface area contributed by atoms with Crippen molar-refractivity contribution in [3.8, 4) is 0 Å². The Kier molecular flexibility index (Phi) is 3.93. The van der Waals surface area contributed by atoms with Crippen LogP contribution in [-0.4, -0.2) is 28.8 Å². The molecule has 2 heterocycles. The molecule has 0 atom stereocenters. The maximum absolute atomic E-state index is 5.60. The molecule has 0 aromatic carbocycles. The van der Waals surface area contributed by atoms with Crippen LogP contribution in [0.4, 0.5) is 6.01 Å². The van der Waals surface area contributed by atoms with Gasteiger partial charge in [0.2, 0.25) is 5.89 Å². The Hall–Kier alpha value is -1.62. The molecule has 0 aliphatic heterocycles. The van der Waals surface area contributed by atoms with Crippen LogP contribution in [0.2, 0.25) is 0 Å². The summed E-state index contributed by atoms with van der Waals surface area (Å²) in [6.45, 7) is 0.800. The second kappa shape index (κ2) is 5.63. The van der Waals surface area contributed by atoms with Gasteiger partial charge in [0.05, 0.1) is 0 Å². The molecule has 6 heteroatoms. The fraction of sp³-hybridized carbons (Fsp3) is 0.364. The molecule has 0 saturated carbocycles. The first-order chi connectivity index (χ1) is 8.29. The highest BCUT2D eigenvalue weighted by Gasteiger charge is 2.09. The molecule has 17 heavy (non-hydrogen) atoms. The predicted octanol–water partition coefficient (Wildman–Crippen LogP) is 1.88. The second-order valence-corrected chi connectivity index (χ2v) is 3.91. The lowest BCUT2D eigenvalue weighted by atomic mass is 10.2. The highest BCUT2D eigenvalue weighted by Crippen LogP contribution is 2.12. The zero-order valence-corrected chi connectivity index (χ0v) is 10.3. The maximum atomic E-state index is 5.60. The molecule has 2 aromatic heterocycles. The van der Waals surface area contributed by atoms with Gasteiger partial charge in [-0.2, -0.15) is 0 Å². The number of halogens is 1. The van der Waals surface area contributed by atoms with E-state index in [9.17, 15) is 0 Å². The molecule has 2 aromatic rings. The van der Waals surface area contributed by atoms with Crippen molar-refractivity contribution < 1.29 is 4.42 Å². The van der Waals surface area contributed by atoms with Gasteiger partial charge < -0.3 is 9.32 Å². The molecule has 2 rings (SSSR count). The first-order valence-corrected chi connectivity index (χ1v) is 5.81. The molecule has 0 amide bonds. The largest absolute Gasteiger partial charge is 0.407 e. The molecular formula is C11H13ClN4O. The third-order valence-corrected chi connectivity index (χ3v) is 2.61. The van der Waals surface area contributed by atoms with Crippen LogP contribution >= 0.6 is 11.6 Å². The van der Waals surface area contributed by atoms with Crippen molar-refractivity contribution in [2.24, 2.45) is 0 Å². The summed E-state index contributed by atoms with van der Waals surface area (Å²) in [6.07, 6.45) is 4.47. The highest BCUT2D eigenvalue weighted by molar-refractivity contribution is 6.16. The number of hydrogen-bond acceptors (Lipinski definition) is 5. The Labute approximate surface area is 104 Å². The summed E-state index contributed by atoms with van der Waals surface area (Å²) in [5.41, 5.74) is 1.23. The van der Waals surface area contributed by atoms with E-state index in [0.29, 0.717) is 11.9 Å². The number of anilines is 1. The van der Waals surface area contributed by atoms with Crippen molar-refractivity contribution in [3.05, 3.63) is 36.0 Å². The summed E-state index contributed by atoms with van der Waals surface area (Å²) in [7, 11) is 1.91. The van der Waals surface area contributed by atoms with Crippen molar-refractivity contribution in [3.63, 3.8) is 0 Å². The Bertz CT molecular complexity index is 460. The van der Waals surface area contributed by atoms with Crippen LogP contribution in [0.1, 0.15) is 11.5 Å². The number of pyridine rings is 1. The van der Waals surface area contributed by atoms with Gasteiger partial charge in [0.1, 0.15) is 5.88 Å². The minimum Gasteiger partial charge on any atom is -0.407 e. The topological polar surface area (TPSA) is 55.1 Å². The Morgan fingerprint density at radius 2 is 2.06 bits per heavy atom. The molecule has 0 aliphatic carbocycles. The van der Waals surface area contributed by atoms with Gasteiger partial charge in [-0.15, -0.1) is 16.7 Å². The standard InChI is InChI=1S/C11H13ClN4O/c1-16(11-15-14-10(8-12)17-11)7-4-9-2-5-13-6-3-9/h2-3,5-6H,4,7-8H2,1H3. The van der Waals surface area contributed by atoms with Crippen LogP contribution in [0.15, 0.2) is 28.9 Å². The molecule has 0 radical (unpaired) electrons. The summed E-state index contributed by atoms with van der Waals surface area (Å²) in [5.74, 6) is 0.683. The fourth-order valence-corrected chi connectivity index (χ4v) is 1.50. The second-order valence-electron chi connectivity index (χ2n) is 3.64. The van der Waals surface area contributed by atoms with Crippen molar-refractivity contribution in [1.82, 2.24) is 15.2 Å². The summed E-state index contributed by atoms with van der Waals surface area (Å²) >= 11 is 5.60. The van der Waals surface area contributed by atoms with E-state index in [1.54, 1.807) is 12.4 Å². The molecule has 0 spiro atoms. The van der Waals surface area contributed by atoms with Gasteiger partial charge in [-0.3, -0.25) is 4.98 Å². The molecule has 90 valence electrons. The van der Waals surface area contributed by atoms with Crippen molar-refractivity contribution >= 4 is 17.6 Å². The molecule has 5 nitrogen and oxygen atoms in total. The smallest absolute Gasteiger partial charge is 0.317 e. The molecule has 0 N–H and O–H groups in total. The van der Waals surface area contributed by atoms with Crippen LogP contribution in [0.25, 0.3) is 0 Å². The van der Waals surface area contributed by atoms with Crippen molar-refractivity contribution in [2.45, 2.75) is 12.3 Å². The molecule has 0 aliphatic rings. The Morgan fingerprint density at radius 3 is 2.71 bits per heavy atom. The normalized spacial score (nSPS) is 10.5. The monoisotopic (exact) mass is 252 g/mol. The van der Waals surface area contributed by atoms with Gasteiger partial charge in [-0.1, -0.05) is 5.10 Å². The maximum Gasteiger partial charge on any atom is 0.317 e. The van der Waals surface area contributed by atoms with Gasteiger partial charge >= 0.3 is 6.01 Å². The number of aromatic nitrogens is 3. The Balaban J connectivity index is 1.91. The van der Waals surface area contributed by atoms with Crippen LogP contribution in [0.5, 0.6) is 0 Å².